The van der Waals surface area contributed by atoms with Gasteiger partial charge in [-0.1, -0.05) is 60.1 Å². The van der Waals surface area contributed by atoms with Gasteiger partial charge in [-0.3, -0.25) is 14.5 Å². The predicted octanol–water partition coefficient (Wildman–Crippen LogP) is 4.88. The second-order valence-electron chi connectivity index (χ2n) is 7.48. The Morgan fingerprint density at radius 2 is 1.70 bits per heavy atom. The van der Waals surface area contributed by atoms with Gasteiger partial charge in [0.25, 0.3) is 5.91 Å². The number of hydrogen-bond acceptors (Lipinski definition) is 4. The molecule has 0 aliphatic carbocycles. The largest absolute Gasteiger partial charge is 0.495 e. The van der Waals surface area contributed by atoms with E-state index in [2.05, 4.69) is 5.32 Å². The zero-order valence-electron chi connectivity index (χ0n) is 17.9. The maximum atomic E-state index is 13.5. The Bertz CT molecular complexity index is 1190. The van der Waals surface area contributed by atoms with Crippen LogP contribution in [-0.2, 0) is 16.1 Å². The molecule has 1 saturated heterocycles. The Morgan fingerprint density at radius 3 is 2.42 bits per heavy atom. The van der Waals surface area contributed by atoms with E-state index < -0.39 is 6.04 Å². The van der Waals surface area contributed by atoms with Crippen molar-refractivity contribution >= 4 is 52.1 Å². The quantitative estimate of drug-likeness (QED) is 0.489. The molecule has 0 bridgehead atoms. The number of methoxy groups -OCH3 is 1. The highest BCUT2D eigenvalue weighted by atomic mass is 35.5. The van der Waals surface area contributed by atoms with Crippen molar-refractivity contribution in [2.45, 2.75) is 19.0 Å². The summed E-state index contributed by atoms with van der Waals surface area (Å²) in [5, 5.41) is 3.75. The number of amides is 2. The van der Waals surface area contributed by atoms with Crippen LogP contribution in [-0.4, -0.2) is 35.0 Å². The first-order valence-corrected chi connectivity index (χ1v) is 11.1. The third-order valence-electron chi connectivity index (χ3n) is 5.39. The number of nitrogens with zero attached hydrogens (tertiary/aromatic N) is 2. The maximum Gasteiger partial charge on any atom is 0.256 e. The van der Waals surface area contributed by atoms with Gasteiger partial charge >= 0.3 is 0 Å². The molecule has 4 rings (SSSR count). The van der Waals surface area contributed by atoms with Crippen LogP contribution in [0.4, 0.5) is 11.4 Å². The Hall–Kier alpha value is -3.42. The third-order valence-corrected chi connectivity index (χ3v) is 6.18. The predicted molar refractivity (Wildman–Crippen MR) is 134 cm³/mol. The van der Waals surface area contributed by atoms with Crippen LogP contribution in [0.2, 0.25) is 5.02 Å². The molecule has 0 spiro atoms. The van der Waals surface area contributed by atoms with Gasteiger partial charge in [-0.05, 0) is 48.1 Å². The van der Waals surface area contributed by atoms with Gasteiger partial charge in [0.1, 0.15) is 11.8 Å². The van der Waals surface area contributed by atoms with E-state index in [9.17, 15) is 9.59 Å². The van der Waals surface area contributed by atoms with Crippen LogP contribution in [0.5, 0.6) is 5.75 Å². The van der Waals surface area contributed by atoms with Gasteiger partial charge in [0.15, 0.2) is 5.11 Å². The number of carbonyl (C=O) groups is 2. The van der Waals surface area contributed by atoms with Crippen molar-refractivity contribution in [3.63, 3.8) is 0 Å². The zero-order chi connectivity index (χ0) is 23.4. The maximum absolute atomic E-state index is 13.5. The fourth-order valence-electron chi connectivity index (χ4n) is 3.76. The summed E-state index contributed by atoms with van der Waals surface area (Å²) in [6, 6.07) is 22.9. The molecule has 1 fully saturated rings. The summed E-state index contributed by atoms with van der Waals surface area (Å²) in [7, 11) is 1.53. The second kappa shape index (κ2) is 10.0. The average molecular weight is 480 g/mol. The van der Waals surface area contributed by atoms with E-state index in [4.69, 9.17) is 28.6 Å². The number of halogens is 1. The molecule has 1 heterocycles. The van der Waals surface area contributed by atoms with Crippen molar-refractivity contribution in [3.05, 3.63) is 89.4 Å². The first-order chi connectivity index (χ1) is 16.0. The van der Waals surface area contributed by atoms with Crippen molar-refractivity contribution in [2.24, 2.45) is 0 Å². The Kier molecular flexibility index (Phi) is 6.91. The van der Waals surface area contributed by atoms with Crippen LogP contribution >= 0.6 is 23.8 Å². The van der Waals surface area contributed by atoms with E-state index in [-0.39, 0.29) is 18.2 Å². The summed E-state index contributed by atoms with van der Waals surface area (Å²) in [5.74, 6) is -0.0360. The van der Waals surface area contributed by atoms with Crippen molar-refractivity contribution in [2.75, 3.05) is 17.3 Å². The molecular weight excluding hydrogens is 458 g/mol. The summed E-state index contributed by atoms with van der Waals surface area (Å²) in [6.45, 7) is 0.306. The summed E-state index contributed by atoms with van der Waals surface area (Å²) >= 11 is 12.1. The molecule has 3 aromatic carbocycles. The molecule has 8 heteroatoms. The minimum atomic E-state index is -0.774. The SMILES string of the molecule is COc1ccccc1NC(=O)CC1C(=O)N(c2ccccc2)C(=S)N1Cc1ccccc1Cl. The van der Waals surface area contributed by atoms with E-state index in [1.54, 1.807) is 29.2 Å². The number of para-hydroxylation sites is 3. The van der Waals surface area contributed by atoms with Gasteiger partial charge in [-0.2, -0.15) is 0 Å². The molecule has 168 valence electrons. The number of carbonyl (C=O) groups excluding carboxylic acids is 2. The molecule has 1 aliphatic heterocycles. The summed E-state index contributed by atoms with van der Waals surface area (Å²) in [6.07, 6.45) is -0.0786. The lowest BCUT2D eigenvalue weighted by atomic mass is 10.1. The van der Waals surface area contributed by atoms with E-state index >= 15 is 0 Å². The number of rotatable bonds is 7. The minimum absolute atomic E-state index is 0.0786. The lowest BCUT2D eigenvalue weighted by Crippen LogP contribution is -2.37. The molecule has 1 N–H and O–H groups in total. The fraction of sp³-hybridized carbons (Fsp3) is 0.160. The Balaban J connectivity index is 1.62. The number of ether oxygens (including phenoxy) is 1. The van der Waals surface area contributed by atoms with Gasteiger partial charge in [-0.25, -0.2) is 0 Å². The number of benzene rings is 3. The first-order valence-electron chi connectivity index (χ1n) is 10.4. The molecule has 3 aromatic rings. The van der Waals surface area contributed by atoms with Crippen LogP contribution in [0.3, 0.4) is 0 Å². The second-order valence-corrected chi connectivity index (χ2v) is 8.25. The molecule has 6 nitrogen and oxygen atoms in total. The van der Waals surface area contributed by atoms with E-state index in [1.165, 1.54) is 12.0 Å². The van der Waals surface area contributed by atoms with Gasteiger partial charge in [0.05, 0.1) is 24.9 Å². The van der Waals surface area contributed by atoms with Gasteiger partial charge in [0, 0.05) is 11.6 Å². The summed E-state index contributed by atoms with van der Waals surface area (Å²) in [5.41, 5.74) is 2.01. The number of thiocarbonyl (C=S) groups is 1. The van der Waals surface area contributed by atoms with Gasteiger partial charge in [0.2, 0.25) is 5.91 Å². The van der Waals surface area contributed by atoms with Crippen LogP contribution in [0.15, 0.2) is 78.9 Å². The lowest BCUT2D eigenvalue weighted by molar-refractivity contribution is -0.124. The van der Waals surface area contributed by atoms with Crippen LogP contribution < -0.4 is 15.0 Å². The molecule has 1 atom stereocenters. The van der Waals surface area contributed by atoms with E-state index in [0.29, 0.717) is 33.8 Å². The Morgan fingerprint density at radius 1 is 1.03 bits per heavy atom. The number of nitrogens with one attached hydrogen (secondary N) is 1. The highest BCUT2D eigenvalue weighted by Gasteiger charge is 2.44. The highest BCUT2D eigenvalue weighted by Crippen LogP contribution is 2.30. The fourth-order valence-corrected chi connectivity index (χ4v) is 4.35. The topological polar surface area (TPSA) is 61.9 Å². The Labute approximate surface area is 202 Å². The molecule has 1 unspecified atom stereocenters. The van der Waals surface area contributed by atoms with Gasteiger partial charge in [-0.15, -0.1) is 0 Å². The average Bonchev–Trinajstić information content (AvgIpc) is 3.05. The number of hydrogen-bond donors (Lipinski definition) is 1. The summed E-state index contributed by atoms with van der Waals surface area (Å²) in [4.78, 5) is 29.7. The minimum Gasteiger partial charge on any atom is -0.495 e. The first kappa shape index (κ1) is 22.8. The van der Waals surface area contributed by atoms with Crippen molar-refractivity contribution < 1.29 is 14.3 Å². The van der Waals surface area contributed by atoms with Crippen LogP contribution in [0.1, 0.15) is 12.0 Å². The standard InChI is InChI=1S/C25H22ClN3O3S/c1-32-22-14-8-7-13-20(22)27-23(30)15-21-24(31)29(18-10-3-2-4-11-18)25(33)28(21)16-17-9-5-6-12-19(17)26/h2-14,21H,15-16H2,1H3,(H,27,30). The lowest BCUT2D eigenvalue weighted by Gasteiger charge is -2.24. The molecule has 2 amide bonds. The summed E-state index contributed by atoms with van der Waals surface area (Å²) < 4.78 is 5.31. The zero-order valence-corrected chi connectivity index (χ0v) is 19.5. The van der Waals surface area contributed by atoms with Crippen LogP contribution in [0, 0.1) is 0 Å². The molecular formula is C25H22ClN3O3S. The highest BCUT2D eigenvalue weighted by molar-refractivity contribution is 7.80. The van der Waals surface area contributed by atoms with E-state index in [0.717, 1.165) is 5.56 Å². The van der Waals surface area contributed by atoms with Crippen LogP contribution in [0.25, 0.3) is 0 Å². The third kappa shape index (κ3) is 4.84. The number of anilines is 2. The van der Waals surface area contributed by atoms with E-state index in [1.807, 2.05) is 54.6 Å². The molecule has 0 aromatic heterocycles. The smallest absolute Gasteiger partial charge is 0.256 e. The molecule has 0 saturated carbocycles. The normalized spacial score (nSPS) is 15.6. The monoisotopic (exact) mass is 479 g/mol. The molecule has 1 aliphatic rings. The molecule has 33 heavy (non-hydrogen) atoms. The van der Waals surface area contributed by atoms with Crippen molar-refractivity contribution in [1.82, 2.24) is 4.90 Å². The van der Waals surface area contributed by atoms with Crippen molar-refractivity contribution in [3.8, 4) is 5.75 Å². The van der Waals surface area contributed by atoms with Crippen molar-refractivity contribution in [1.29, 1.82) is 0 Å². The van der Waals surface area contributed by atoms with Gasteiger partial charge < -0.3 is 15.0 Å². The molecule has 0 radical (unpaired) electrons.